The zero-order chi connectivity index (χ0) is 23.1. The van der Waals surface area contributed by atoms with Crippen LogP contribution >= 0.6 is 0 Å². The molecule has 1 heterocycles. The van der Waals surface area contributed by atoms with Crippen molar-refractivity contribution in [3.63, 3.8) is 0 Å². The molecule has 9 heteroatoms. The number of aromatic hydroxyl groups is 1. The lowest BCUT2D eigenvalue weighted by atomic mass is 10.2. The van der Waals surface area contributed by atoms with E-state index in [0.29, 0.717) is 5.56 Å². The van der Waals surface area contributed by atoms with Gasteiger partial charge in [0.1, 0.15) is 11.6 Å². The molecule has 0 bridgehead atoms. The molecule has 3 aromatic rings. The first-order chi connectivity index (χ1) is 15.4. The zero-order valence-electron chi connectivity index (χ0n) is 17.2. The SMILES string of the molecule is COc1cc(CC(=O)NCc2ccc(F)cc2)nc(C(=O)NCc2ccc(F)cc2)c1O. The molecule has 0 spiro atoms. The summed E-state index contributed by atoms with van der Waals surface area (Å²) in [6.45, 7) is 0.282. The maximum absolute atomic E-state index is 13.0. The number of carbonyl (C=O) groups is 2. The molecule has 32 heavy (non-hydrogen) atoms. The average Bonchev–Trinajstić information content (AvgIpc) is 2.79. The van der Waals surface area contributed by atoms with Gasteiger partial charge in [0.15, 0.2) is 17.2 Å². The number of rotatable bonds is 8. The maximum atomic E-state index is 13.0. The van der Waals surface area contributed by atoms with Crippen LogP contribution in [0.3, 0.4) is 0 Å². The molecule has 0 aliphatic rings. The fraction of sp³-hybridized carbons (Fsp3) is 0.174. The fourth-order valence-corrected chi connectivity index (χ4v) is 2.87. The summed E-state index contributed by atoms with van der Waals surface area (Å²) in [5.41, 5.74) is 1.29. The number of aromatic nitrogens is 1. The number of nitrogens with one attached hydrogen (secondary N) is 2. The highest BCUT2D eigenvalue weighted by molar-refractivity contribution is 5.95. The largest absolute Gasteiger partial charge is 0.503 e. The third-order valence-electron chi connectivity index (χ3n) is 4.56. The van der Waals surface area contributed by atoms with E-state index < -0.39 is 17.5 Å². The Labute approximate surface area is 183 Å². The average molecular weight is 441 g/mol. The summed E-state index contributed by atoms with van der Waals surface area (Å²) in [6, 6.07) is 12.6. The van der Waals surface area contributed by atoms with Gasteiger partial charge in [-0.25, -0.2) is 13.8 Å². The van der Waals surface area contributed by atoms with Gasteiger partial charge in [0.25, 0.3) is 5.91 Å². The first-order valence-electron chi connectivity index (χ1n) is 9.66. The molecule has 3 N–H and O–H groups in total. The van der Waals surface area contributed by atoms with Crippen molar-refractivity contribution in [3.05, 3.63) is 88.7 Å². The molecule has 0 aliphatic carbocycles. The van der Waals surface area contributed by atoms with E-state index in [1.54, 1.807) is 12.1 Å². The third-order valence-corrected chi connectivity index (χ3v) is 4.56. The number of halogens is 2. The lowest BCUT2D eigenvalue weighted by Gasteiger charge is -2.12. The number of nitrogens with zero attached hydrogens (tertiary/aromatic N) is 1. The highest BCUT2D eigenvalue weighted by Gasteiger charge is 2.20. The van der Waals surface area contributed by atoms with E-state index in [9.17, 15) is 23.5 Å². The van der Waals surface area contributed by atoms with Crippen molar-refractivity contribution in [1.29, 1.82) is 0 Å². The number of methoxy groups -OCH3 is 1. The van der Waals surface area contributed by atoms with Crippen LogP contribution < -0.4 is 15.4 Å². The van der Waals surface area contributed by atoms with Crippen LogP contribution in [0.1, 0.15) is 27.3 Å². The Bertz CT molecular complexity index is 1100. The van der Waals surface area contributed by atoms with E-state index in [0.717, 1.165) is 5.56 Å². The van der Waals surface area contributed by atoms with Crippen LogP contribution in [0, 0.1) is 11.6 Å². The third kappa shape index (κ3) is 6.00. The van der Waals surface area contributed by atoms with Crippen molar-refractivity contribution >= 4 is 11.8 Å². The smallest absolute Gasteiger partial charge is 0.274 e. The minimum absolute atomic E-state index is 0.00623. The first kappa shape index (κ1) is 22.7. The van der Waals surface area contributed by atoms with E-state index in [1.165, 1.54) is 49.6 Å². The molecular weight excluding hydrogens is 420 g/mol. The Morgan fingerprint density at radius 2 is 1.47 bits per heavy atom. The Balaban J connectivity index is 1.67. The fourth-order valence-electron chi connectivity index (χ4n) is 2.87. The van der Waals surface area contributed by atoms with E-state index in [4.69, 9.17) is 4.74 Å². The van der Waals surface area contributed by atoms with E-state index in [1.807, 2.05) is 0 Å². The predicted octanol–water partition coefficient (Wildman–Crippen LogP) is 2.86. The number of carbonyl (C=O) groups excluding carboxylic acids is 2. The lowest BCUT2D eigenvalue weighted by Crippen LogP contribution is -2.27. The minimum Gasteiger partial charge on any atom is -0.503 e. The highest BCUT2D eigenvalue weighted by atomic mass is 19.1. The van der Waals surface area contributed by atoms with Crippen LogP contribution in [0.4, 0.5) is 8.78 Å². The van der Waals surface area contributed by atoms with Crippen LogP contribution in [-0.2, 0) is 24.3 Å². The molecule has 0 atom stereocenters. The molecule has 2 aromatic carbocycles. The number of amides is 2. The standard InChI is InChI=1S/C23H21F2N3O4/c1-32-19-10-18(11-20(29)26-12-14-2-6-16(24)7-3-14)28-21(22(19)30)23(31)27-13-15-4-8-17(25)9-5-15/h2-10,30H,11-13H2,1H3,(H,26,29)(H,27,31). The predicted molar refractivity (Wildman–Crippen MR) is 112 cm³/mol. The van der Waals surface area contributed by atoms with Gasteiger partial charge < -0.3 is 20.5 Å². The Hall–Kier alpha value is -4.01. The topological polar surface area (TPSA) is 101 Å². The van der Waals surface area contributed by atoms with Crippen molar-refractivity contribution < 1.29 is 28.2 Å². The number of benzene rings is 2. The normalized spacial score (nSPS) is 10.5. The molecule has 0 saturated carbocycles. The number of hydrogen-bond donors (Lipinski definition) is 3. The van der Waals surface area contributed by atoms with Crippen LogP contribution in [0.25, 0.3) is 0 Å². The summed E-state index contributed by atoms with van der Waals surface area (Å²) < 4.78 is 31.1. The van der Waals surface area contributed by atoms with Gasteiger partial charge in [-0.05, 0) is 35.4 Å². The second-order valence-electron chi connectivity index (χ2n) is 6.90. The van der Waals surface area contributed by atoms with Gasteiger partial charge in [0, 0.05) is 19.2 Å². The van der Waals surface area contributed by atoms with Crippen molar-refractivity contribution in [2.24, 2.45) is 0 Å². The van der Waals surface area contributed by atoms with Crippen LogP contribution in [-0.4, -0.2) is 29.0 Å². The maximum Gasteiger partial charge on any atom is 0.274 e. The van der Waals surface area contributed by atoms with Gasteiger partial charge in [0.05, 0.1) is 19.2 Å². The number of hydrogen-bond acceptors (Lipinski definition) is 5. The molecule has 0 unspecified atom stereocenters. The van der Waals surface area contributed by atoms with Crippen LogP contribution in [0.2, 0.25) is 0 Å². The van der Waals surface area contributed by atoms with Crippen molar-refractivity contribution in [1.82, 2.24) is 15.6 Å². The summed E-state index contributed by atoms with van der Waals surface area (Å²) in [4.78, 5) is 29.0. The molecule has 0 fully saturated rings. The summed E-state index contributed by atoms with van der Waals surface area (Å²) in [6.07, 6.45) is -0.171. The Morgan fingerprint density at radius 3 is 2.00 bits per heavy atom. The lowest BCUT2D eigenvalue weighted by molar-refractivity contribution is -0.120. The molecule has 0 radical (unpaired) electrons. The van der Waals surface area contributed by atoms with Gasteiger partial charge in [-0.15, -0.1) is 0 Å². The summed E-state index contributed by atoms with van der Waals surface area (Å²) in [7, 11) is 1.31. The first-order valence-corrected chi connectivity index (χ1v) is 9.66. The second-order valence-corrected chi connectivity index (χ2v) is 6.90. The van der Waals surface area contributed by atoms with Crippen LogP contribution in [0.5, 0.6) is 11.5 Å². The van der Waals surface area contributed by atoms with Gasteiger partial charge in [-0.2, -0.15) is 0 Å². The monoisotopic (exact) mass is 441 g/mol. The molecule has 7 nitrogen and oxygen atoms in total. The zero-order valence-corrected chi connectivity index (χ0v) is 17.2. The Morgan fingerprint density at radius 1 is 0.938 bits per heavy atom. The van der Waals surface area contributed by atoms with E-state index in [-0.39, 0.29) is 48.4 Å². The molecular formula is C23H21F2N3O4. The molecule has 0 saturated heterocycles. The summed E-state index contributed by atoms with van der Waals surface area (Å²) >= 11 is 0. The molecule has 3 rings (SSSR count). The van der Waals surface area contributed by atoms with Gasteiger partial charge in [-0.3, -0.25) is 9.59 Å². The molecule has 166 valence electrons. The minimum atomic E-state index is -0.682. The van der Waals surface area contributed by atoms with E-state index in [2.05, 4.69) is 15.6 Å². The molecule has 0 aliphatic heterocycles. The van der Waals surface area contributed by atoms with Crippen molar-refractivity contribution in [2.45, 2.75) is 19.5 Å². The van der Waals surface area contributed by atoms with E-state index >= 15 is 0 Å². The van der Waals surface area contributed by atoms with Crippen molar-refractivity contribution in [3.8, 4) is 11.5 Å². The molecule has 1 aromatic heterocycles. The quantitative estimate of drug-likeness (QED) is 0.499. The van der Waals surface area contributed by atoms with Crippen LogP contribution in [0.15, 0.2) is 54.6 Å². The summed E-state index contributed by atoms with van der Waals surface area (Å²) in [5.74, 6) is -2.29. The highest BCUT2D eigenvalue weighted by Crippen LogP contribution is 2.29. The Kier molecular flexibility index (Phi) is 7.33. The van der Waals surface area contributed by atoms with Crippen molar-refractivity contribution in [2.75, 3.05) is 7.11 Å². The second kappa shape index (κ2) is 10.3. The number of pyridine rings is 1. The van der Waals surface area contributed by atoms with Gasteiger partial charge in [-0.1, -0.05) is 24.3 Å². The molecule has 2 amide bonds. The van der Waals surface area contributed by atoms with Gasteiger partial charge >= 0.3 is 0 Å². The summed E-state index contributed by atoms with van der Waals surface area (Å²) in [5, 5.41) is 15.6. The number of ether oxygens (including phenoxy) is 1. The van der Waals surface area contributed by atoms with Gasteiger partial charge in [0.2, 0.25) is 5.91 Å².